The second-order valence-electron chi connectivity index (χ2n) is 2.85. The molecule has 1 radical (unpaired) electrons. The molecule has 1 aromatic carbocycles. The van der Waals surface area contributed by atoms with Gasteiger partial charge in [0.1, 0.15) is 0 Å². The molecule has 0 aliphatic carbocycles. The highest BCUT2D eigenvalue weighted by Gasteiger charge is 2.04. The summed E-state index contributed by atoms with van der Waals surface area (Å²) in [5, 5.41) is 0. The molecule has 59 valence electrons. The van der Waals surface area contributed by atoms with Crippen molar-refractivity contribution in [1.82, 2.24) is 0 Å². The minimum Gasteiger partial charge on any atom is -0.0648 e. The Balaban J connectivity index is 2.74. The number of hydrogen-bond donors (Lipinski definition) is 0. The first-order valence-electron chi connectivity index (χ1n) is 4.34. The van der Waals surface area contributed by atoms with Crippen molar-refractivity contribution >= 4 is 0 Å². The van der Waals surface area contributed by atoms with Crippen LogP contribution in [0.15, 0.2) is 24.3 Å². The Bertz CT molecular complexity index is 184. The maximum atomic E-state index is 3.11. The smallest absolute Gasteiger partial charge is 0.0167 e. The Kier molecular flexibility index (Phi) is 3.15. The van der Waals surface area contributed by atoms with E-state index in [1.165, 1.54) is 18.4 Å². The van der Waals surface area contributed by atoms with Crippen LogP contribution in [0.2, 0.25) is 0 Å². The van der Waals surface area contributed by atoms with Gasteiger partial charge >= 0.3 is 0 Å². The first-order valence-corrected chi connectivity index (χ1v) is 4.34. The maximum absolute atomic E-state index is 3.11. The highest BCUT2D eigenvalue weighted by molar-refractivity contribution is 5.18. The average Bonchev–Trinajstić information content (AvgIpc) is 2.09. The van der Waals surface area contributed by atoms with Crippen LogP contribution in [0.1, 0.15) is 38.2 Å². The predicted molar refractivity (Wildman–Crippen MR) is 48.6 cm³/mol. The molecule has 11 heavy (non-hydrogen) atoms. The van der Waals surface area contributed by atoms with Crippen LogP contribution in [0.4, 0.5) is 0 Å². The normalized spacial score (nSPS) is 10.5. The fourth-order valence-corrected chi connectivity index (χ4v) is 1.42. The van der Waals surface area contributed by atoms with Crippen molar-refractivity contribution in [3.63, 3.8) is 0 Å². The third kappa shape index (κ3) is 2.07. The largest absolute Gasteiger partial charge is 0.0648 e. The molecule has 0 unspecified atom stereocenters. The van der Waals surface area contributed by atoms with Gasteiger partial charge in [0.25, 0.3) is 0 Å². The molecule has 0 aliphatic rings. The second-order valence-corrected chi connectivity index (χ2v) is 2.85. The summed E-state index contributed by atoms with van der Waals surface area (Å²) in [7, 11) is 0. The van der Waals surface area contributed by atoms with Gasteiger partial charge in [0, 0.05) is 0 Å². The molecule has 0 spiro atoms. The SMILES string of the molecule is CCC(CC)c1c[c]ccc1. The summed E-state index contributed by atoms with van der Waals surface area (Å²) in [5.41, 5.74) is 1.43. The van der Waals surface area contributed by atoms with Gasteiger partial charge in [0.15, 0.2) is 0 Å². The molecule has 0 heteroatoms. The van der Waals surface area contributed by atoms with Crippen LogP contribution in [0.25, 0.3) is 0 Å². The average molecular weight is 147 g/mol. The van der Waals surface area contributed by atoms with Gasteiger partial charge in [-0.1, -0.05) is 38.1 Å². The minimum atomic E-state index is 0.729. The van der Waals surface area contributed by atoms with E-state index in [-0.39, 0.29) is 0 Å². The van der Waals surface area contributed by atoms with Crippen molar-refractivity contribution in [3.8, 4) is 0 Å². The molecule has 0 bridgehead atoms. The molecule has 1 rings (SSSR count). The predicted octanol–water partition coefficient (Wildman–Crippen LogP) is 3.39. The standard InChI is InChI=1S/C11H15/c1-3-10(4-2)11-8-6-5-7-9-11/h5-6,8-10H,3-4H2,1-2H3. The van der Waals surface area contributed by atoms with E-state index in [0.29, 0.717) is 0 Å². The van der Waals surface area contributed by atoms with Crippen molar-refractivity contribution in [2.45, 2.75) is 32.6 Å². The molecule has 0 saturated carbocycles. The Morgan fingerprint density at radius 3 is 2.55 bits per heavy atom. The van der Waals surface area contributed by atoms with Crippen molar-refractivity contribution < 1.29 is 0 Å². The van der Waals surface area contributed by atoms with Crippen LogP contribution in [0, 0.1) is 6.07 Å². The molecular formula is C11H15. The number of benzene rings is 1. The summed E-state index contributed by atoms with van der Waals surface area (Å²) in [5.74, 6) is 0.729. The first-order chi connectivity index (χ1) is 5.38. The van der Waals surface area contributed by atoms with Crippen molar-refractivity contribution in [2.75, 3.05) is 0 Å². The van der Waals surface area contributed by atoms with E-state index in [1.807, 2.05) is 6.07 Å². The first kappa shape index (κ1) is 8.32. The van der Waals surface area contributed by atoms with Crippen molar-refractivity contribution in [2.24, 2.45) is 0 Å². The van der Waals surface area contributed by atoms with Crippen LogP contribution in [0.5, 0.6) is 0 Å². The quantitative estimate of drug-likeness (QED) is 0.614. The summed E-state index contributed by atoms with van der Waals surface area (Å²) >= 11 is 0. The third-order valence-corrected chi connectivity index (χ3v) is 2.19. The fraction of sp³-hybridized carbons (Fsp3) is 0.455. The van der Waals surface area contributed by atoms with Crippen LogP contribution < -0.4 is 0 Å². The lowest BCUT2D eigenvalue weighted by Gasteiger charge is -2.11. The minimum absolute atomic E-state index is 0.729. The van der Waals surface area contributed by atoms with Gasteiger partial charge in [-0.05, 0) is 30.4 Å². The molecule has 0 aromatic heterocycles. The summed E-state index contributed by atoms with van der Waals surface area (Å²) in [6, 6.07) is 11.4. The Morgan fingerprint density at radius 1 is 1.36 bits per heavy atom. The fourth-order valence-electron chi connectivity index (χ4n) is 1.42. The van der Waals surface area contributed by atoms with E-state index in [1.54, 1.807) is 0 Å². The van der Waals surface area contributed by atoms with E-state index in [4.69, 9.17) is 0 Å². The van der Waals surface area contributed by atoms with Crippen molar-refractivity contribution in [1.29, 1.82) is 0 Å². The Labute approximate surface area is 69.3 Å². The molecule has 0 nitrogen and oxygen atoms in total. The van der Waals surface area contributed by atoms with E-state index in [2.05, 4.69) is 38.1 Å². The lowest BCUT2D eigenvalue weighted by atomic mass is 9.94. The van der Waals surface area contributed by atoms with Gasteiger partial charge in [0.2, 0.25) is 0 Å². The van der Waals surface area contributed by atoms with E-state index in [9.17, 15) is 0 Å². The lowest BCUT2D eigenvalue weighted by molar-refractivity contribution is 0.642. The number of hydrogen-bond acceptors (Lipinski definition) is 0. The molecule has 0 fully saturated rings. The molecule has 0 atom stereocenters. The third-order valence-electron chi connectivity index (χ3n) is 2.19. The number of rotatable bonds is 3. The topological polar surface area (TPSA) is 0 Å². The Morgan fingerprint density at radius 2 is 2.09 bits per heavy atom. The molecular weight excluding hydrogens is 132 g/mol. The van der Waals surface area contributed by atoms with Crippen LogP contribution in [-0.4, -0.2) is 0 Å². The second kappa shape index (κ2) is 4.17. The van der Waals surface area contributed by atoms with Crippen LogP contribution in [0.3, 0.4) is 0 Å². The Hall–Kier alpha value is -0.780. The van der Waals surface area contributed by atoms with Gasteiger partial charge in [-0.2, -0.15) is 0 Å². The van der Waals surface area contributed by atoms with Gasteiger partial charge in [0.05, 0.1) is 0 Å². The zero-order chi connectivity index (χ0) is 8.10. The monoisotopic (exact) mass is 147 g/mol. The zero-order valence-electron chi connectivity index (χ0n) is 7.30. The highest BCUT2D eigenvalue weighted by Crippen LogP contribution is 2.21. The summed E-state index contributed by atoms with van der Waals surface area (Å²) in [6.07, 6.45) is 2.46. The van der Waals surface area contributed by atoms with Crippen molar-refractivity contribution in [3.05, 3.63) is 35.9 Å². The molecule has 0 heterocycles. The lowest BCUT2D eigenvalue weighted by Crippen LogP contribution is -1.93. The van der Waals surface area contributed by atoms with E-state index >= 15 is 0 Å². The molecule has 0 N–H and O–H groups in total. The van der Waals surface area contributed by atoms with E-state index < -0.39 is 0 Å². The highest BCUT2D eigenvalue weighted by atomic mass is 14.1. The molecule has 0 aliphatic heterocycles. The van der Waals surface area contributed by atoms with Gasteiger partial charge in [-0.15, -0.1) is 0 Å². The summed E-state index contributed by atoms with van der Waals surface area (Å²) in [6.45, 7) is 4.47. The van der Waals surface area contributed by atoms with Gasteiger partial charge in [-0.3, -0.25) is 0 Å². The molecule has 1 aromatic rings. The van der Waals surface area contributed by atoms with Gasteiger partial charge < -0.3 is 0 Å². The zero-order valence-corrected chi connectivity index (χ0v) is 7.30. The molecule has 0 amide bonds. The van der Waals surface area contributed by atoms with Gasteiger partial charge in [-0.25, -0.2) is 0 Å². The van der Waals surface area contributed by atoms with Crippen LogP contribution >= 0.6 is 0 Å². The molecule has 0 saturated heterocycles. The van der Waals surface area contributed by atoms with Crippen LogP contribution in [-0.2, 0) is 0 Å². The summed E-state index contributed by atoms with van der Waals surface area (Å²) < 4.78 is 0. The van der Waals surface area contributed by atoms with E-state index in [0.717, 1.165) is 5.92 Å². The summed E-state index contributed by atoms with van der Waals surface area (Å²) in [4.78, 5) is 0. The maximum Gasteiger partial charge on any atom is -0.0167 e.